The van der Waals surface area contributed by atoms with E-state index in [4.69, 9.17) is 5.73 Å². The Hall–Kier alpha value is -2.12. The normalized spacial score (nSPS) is 25.1. The van der Waals surface area contributed by atoms with Crippen LogP contribution in [0.5, 0.6) is 0 Å². The van der Waals surface area contributed by atoms with Gasteiger partial charge < -0.3 is 16.4 Å². The van der Waals surface area contributed by atoms with Gasteiger partial charge in [0.25, 0.3) is 0 Å². The van der Waals surface area contributed by atoms with Crippen LogP contribution in [0.15, 0.2) is 24.7 Å². The number of amides is 1. The quantitative estimate of drug-likeness (QED) is 0.764. The average molecular weight is 342 g/mol. The Morgan fingerprint density at radius 1 is 1.32 bits per heavy atom. The Labute approximate surface area is 147 Å². The molecule has 0 radical (unpaired) electrons. The molecule has 2 aromatic heterocycles. The molecule has 7 heteroatoms. The molecule has 7 nitrogen and oxygen atoms in total. The van der Waals surface area contributed by atoms with Gasteiger partial charge in [-0.15, -0.1) is 0 Å². The second-order valence-corrected chi connectivity index (χ2v) is 7.37. The molecule has 0 unspecified atom stereocenters. The Kier molecular flexibility index (Phi) is 4.96. The van der Waals surface area contributed by atoms with Crippen molar-refractivity contribution in [3.63, 3.8) is 0 Å². The van der Waals surface area contributed by atoms with Gasteiger partial charge in [-0.3, -0.25) is 9.78 Å². The van der Waals surface area contributed by atoms with Crippen LogP contribution in [0.1, 0.15) is 32.8 Å². The zero-order valence-corrected chi connectivity index (χ0v) is 15.0. The Bertz CT molecular complexity index is 759. The number of rotatable bonds is 4. The molecular weight excluding hydrogens is 316 g/mol. The number of pyridine rings is 1. The van der Waals surface area contributed by atoms with Crippen LogP contribution in [-0.2, 0) is 10.3 Å². The van der Waals surface area contributed by atoms with Gasteiger partial charge in [0.1, 0.15) is 5.52 Å². The van der Waals surface area contributed by atoms with Crippen molar-refractivity contribution < 1.29 is 4.79 Å². The lowest BCUT2D eigenvalue weighted by molar-refractivity contribution is -0.125. The molecule has 134 valence electrons. The van der Waals surface area contributed by atoms with Crippen molar-refractivity contribution in [3.05, 3.63) is 30.2 Å². The largest absolute Gasteiger partial charge is 0.344 e. The highest BCUT2D eigenvalue weighted by molar-refractivity contribution is 5.84. The highest BCUT2D eigenvalue weighted by Gasteiger charge is 2.40. The van der Waals surface area contributed by atoms with Crippen molar-refractivity contribution in [2.75, 3.05) is 13.1 Å². The first kappa shape index (κ1) is 17.7. The monoisotopic (exact) mass is 342 g/mol. The van der Waals surface area contributed by atoms with Crippen LogP contribution in [0.4, 0.5) is 0 Å². The predicted octanol–water partition coefficient (Wildman–Crippen LogP) is 0.949. The van der Waals surface area contributed by atoms with Gasteiger partial charge in [0.2, 0.25) is 5.91 Å². The summed E-state index contributed by atoms with van der Waals surface area (Å²) in [5, 5.41) is 6.67. The summed E-state index contributed by atoms with van der Waals surface area (Å²) >= 11 is 0. The molecule has 1 fully saturated rings. The van der Waals surface area contributed by atoms with Crippen LogP contribution in [-0.4, -0.2) is 40.0 Å². The maximum absolute atomic E-state index is 12.8. The fraction of sp³-hybridized carbons (Fsp3) is 0.556. The topological polar surface area (TPSA) is 106 Å². The van der Waals surface area contributed by atoms with E-state index in [1.807, 2.05) is 19.9 Å². The van der Waals surface area contributed by atoms with Crippen LogP contribution >= 0.6 is 0 Å². The summed E-state index contributed by atoms with van der Waals surface area (Å²) in [5.41, 5.74) is 7.76. The molecule has 1 aliphatic heterocycles. The number of nitrogens with two attached hydrogens (primary N) is 1. The summed E-state index contributed by atoms with van der Waals surface area (Å²) in [4.78, 5) is 25.8. The van der Waals surface area contributed by atoms with Crippen molar-refractivity contribution in [3.8, 4) is 0 Å². The number of hydrogen-bond donors (Lipinski definition) is 3. The van der Waals surface area contributed by atoms with Crippen LogP contribution < -0.4 is 16.4 Å². The number of nitrogens with one attached hydrogen (secondary N) is 2. The first-order chi connectivity index (χ1) is 11.9. The first-order valence-corrected chi connectivity index (χ1v) is 8.77. The summed E-state index contributed by atoms with van der Waals surface area (Å²) < 4.78 is 0. The number of aromatic nitrogens is 3. The Morgan fingerprint density at radius 2 is 2.04 bits per heavy atom. The SMILES string of the molecule is CC(C)[C@@H](N)C(=O)N[C@]1(c2ccnc3nccnc23)CNC[C@@H](C)C1. The molecular formula is C18H26N6O. The molecule has 1 saturated heterocycles. The summed E-state index contributed by atoms with van der Waals surface area (Å²) in [5.74, 6) is 0.337. The van der Waals surface area contributed by atoms with Crippen LogP contribution in [0.2, 0.25) is 0 Å². The summed E-state index contributed by atoms with van der Waals surface area (Å²) in [6.07, 6.45) is 5.82. The highest BCUT2D eigenvalue weighted by Crippen LogP contribution is 2.34. The molecule has 0 aliphatic carbocycles. The molecule has 3 rings (SSSR count). The lowest BCUT2D eigenvalue weighted by atomic mass is 9.78. The van der Waals surface area contributed by atoms with E-state index in [0.717, 1.165) is 24.0 Å². The molecule has 2 aromatic rings. The third-order valence-electron chi connectivity index (χ3n) is 4.89. The van der Waals surface area contributed by atoms with Gasteiger partial charge in [-0.2, -0.15) is 0 Å². The van der Waals surface area contributed by atoms with Crippen molar-refractivity contribution in [1.82, 2.24) is 25.6 Å². The van der Waals surface area contributed by atoms with E-state index in [2.05, 4.69) is 32.5 Å². The third kappa shape index (κ3) is 3.48. The number of nitrogens with zero attached hydrogens (tertiary/aromatic N) is 3. The van der Waals surface area contributed by atoms with E-state index in [1.54, 1.807) is 18.6 Å². The van der Waals surface area contributed by atoms with E-state index in [9.17, 15) is 4.79 Å². The Morgan fingerprint density at radius 3 is 2.76 bits per heavy atom. The zero-order chi connectivity index (χ0) is 18.0. The fourth-order valence-corrected chi connectivity index (χ4v) is 3.52. The van der Waals surface area contributed by atoms with Gasteiger partial charge in [-0.1, -0.05) is 20.8 Å². The van der Waals surface area contributed by atoms with Crippen LogP contribution in [0.25, 0.3) is 11.2 Å². The minimum atomic E-state index is -0.571. The summed E-state index contributed by atoms with van der Waals surface area (Å²) in [6, 6.07) is 1.38. The number of carbonyl (C=O) groups is 1. The maximum Gasteiger partial charge on any atom is 0.237 e. The van der Waals surface area contributed by atoms with Crippen LogP contribution in [0, 0.1) is 11.8 Å². The minimum absolute atomic E-state index is 0.0694. The molecule has 3 heterocycles. The second-order valence-electron chi connectivity index (χ2n) is 7.37. The van der Waals surface area contributed by atoms with Crippen LogP contribution in [0.3, 0.4) is 0 Å². The van der Waals surface area contributed by atoms with E-state index < -0.39 is 11.6 Å². The number of piperidine rings is 1. The van der Waals surface area contributed by atoms with Gasteiger partial charge in [0, 0.05) is 30.7 Å². The van der Waals surface area contributed by atoms with Gasteiger partial charge in [0.15, 0.2) is 5.65 Å². The van der Waals surface area contributed by atoms with Gasteiger partial charge in [-0.05, 0) is 30.9 Å². The van der Waals surface area contributed by atoms with Gasteiger partial charge in [0.05, 0.1) is 11.6 Å². The molecule has 4 N–H and O–H groups in total. The number of carbonyl (C=O) groups excluding carboxylic acids is 1. The predicted molar refractivity (Wildman–Crippen MR) is 96.6 cm³/mol. The molecule has 0 bridgehead atoms. The summed E-state index contributed by atoms with van der Waals surface area (Å²) in [7, 11) is 0. The lowest BCUT2D eigenvalue weighted by Crippen LogP contribution is -2.60. The van der Waals surface area contributed by atoms with E-state index in [1.165, 1.54) is 0 Å². The van der Waals surface area contributed by atoms with Crippen molar-refractivity contribution in [2.45, 2.75) is 38.8 Å². The number of hydrogen-bond acceptors (Lipinski definition) is 6. The van der Waals surface area contributed by atoms with Crippen molar-refractivity contribution in [2.24, 2.45) is 17.6 Å². The molecule has 1 amide bonds. The van der Waals surface area contributed by atoms with E-state index in [0.29, 0.717) is 18.1 Å². The zero-order valence-electron chi connectivity index (χ0n) is 15.0. The smallest absolute Gasteiger partial charge is 0.237 e. The average Bonchev–Trinajstić information content (AvgIpc) is 2.60. The minimum Gasteiger partial charge on any atom is -0.344 e. The van der Waals surface area contributed by atoms with Crippen molar-refractivity contribution >= 4 is 17.1 Å². The molecule has 1 aliphatic rings. The van der Waals surface area contributed by atoms with Gasteiger partial charge >= 0.3 is 0 Å². The third-order valence-corrected chi connectivity index (χ3v) is 4.89. The second kappa shape index (κ2) is 7.01. The standard InChI is InChI=1S/C18H26N6O/c1-11(2)14(19)17(25)24-18(8-12(3)9-20-10-18)13-4-5-22-16-15(13)21-6-7-23-16/h4-7,11-12,14,20H,8-10,19H2,1-3H3,(H,24,25)/t12-,14+,18-/m0/s1. The molecule has 0 saturated carbocycles. The van der Waals surface area contributed by atoms with E-state index in [-0.39, 0.29) is 11.8 Å². The fourth-order valence-electron chi connectivity index (χ4n) is 3.52. The molecule has 0 aromatic carbocycles. The molecule has 3 atom stereocenters. The first-order valence-electron chi connectivity index (χ1n) is 8.77. The Balaban J connectivity index is 2.07. The highest BCUT2D eigenvalue weighted by atomic mass is 16.2. The molecule has 0 spiro atoms. The lowest BCUT2D eigenvalue weighted by Gasteiger charge is -2.42. The number of fused-ring (bicyclic) bond motifs is 1. The maximum atomic E-state index is 12.8. The van der Waals surface area contributed by atoms with Gasteiger partial charge in [-0.25, -0.2) is 9.97 Å². The van der Waals surface area contributed by atoms with Crippen molar-refractivity contribution in [1.29, 1.82) is 0 Å². The summed E-state index contributed by atoms with van der Waals surface area (Å²) in [6.45, 7) is 7.62. The van der Waals surface area contributed by atoms with E-state index >= 15 is 0 Å². The molecule has 25 heavy (non-hydrogen) atoms.